The highest BCUT2D eigenvalue weighted by atomic mass is 16.1. The van der Waals surface area contributed by atoms with Gasteiger partial charge in [-0.15, -0.1) is 0 Å². The van der Waals surface area contributed by atoms with Gasteiger partial charge in [-0.1, -0.05) is 6.07 Å². The van der Waals surface area contributed by atoms with Crippen LogP contribution in [0.2, 0.25) is 0 Å². The molecule has 0 bridgehead atoms. The lowest BCUT2D eigenvalue weighted by Crippen LogP contribution is -2.34. The minimum atomic E-state index is -0.00265. The minimum absolute atomic E-state index is 0.00265. The van der Waals surface area contributed by atoms with Crippen molar-refractivity contribution in [3.05, 3.63) is 46.3 Å². The number of carbonyl (C=O) groups is 1. The van der Waals surface area contributed by atoms with Crippen molar-refractivity contribution in [2.45, 2.75) is 53.0 Å². The van der Waals surface area contributed by atoms with Gasteiger partial charge in [0.2, 0.25) is 0 Å². The van der Waals surface area contributed by atoms with Crippen LogP contribution < -0.4 is 10.2 Å². The second kappa shape index (κ2) is 7.52. The number of nitrogens with zero attached hydrogens (tertiary/aromatic N) is 3. The van der Waals surface area contributed by atoms with Crippen LogP contribution >= 0.6 is 0 Å². The molecular weight excluding hydrogens is 324 g/mol. The largest absolute Gasteiger partial charge is 0.371 e. The predicted molar refractivity (Wildman–Crippen MR) is 106 cm³/mol. The van der Waals surface area contributed by atoms with Crippen molar-refractivity contribution in [2.75, 3.05) is 18.0 Å². The quantitative estimate of drug-likeness (QED) is 0.896. The van der Waals surface area contributed by atoms with Crippen LogP contribution in [0.25, 0.3) is 0 Å². The molecule has 1 N–H and O–H groups in total. The molecule has 140 valence electrons. The molecule has 5 heteroatoms. The van der Waals surface area contributed by atoms with Crippen LogP contribution in [-0.4, -0.2) is 34.8 Å². The Morgan fingerprint density at radius 3 is 2.54 bits per heavy atom. The third kappa shape index (κ3) is 3.76. The van der Waals surface area contributed by atoms with Crippen LogP contribution in [0.4, 0.5) is 5.69 Å². The molecule has 0 saturated carbocycles. The molecule has 1 fully saturated rings. The lowest BCUT2D eigenvalue weighted by Gasteiger charge is -2.21. The molecular formula is C21H30N4O. The summed E-state index contributed by atoms with van der Waals surface area (Å²) in [6, 6.07) is 6.09. The number of aryl methyl sites for hydroxylation is 3. The van der Waals surface area contributed by atoms with Crippen molar-refractivity contribution >= 4 is 11.6 Å². The number of carbonyl (C=O) groups excluding carboxylic acids is 1. The van der Waals surface area contributed by atoms with Gasteiger partial charge in [0.1, 0.15) is 0 Å². The van der Waals surface area contributed by atoms with E-state index in [0.717, 1.165) is 36.5 Å². The predicted octanol–water partition coefficient (Wildman–Crippen LogP) is 3.31. The van der Waals surface area contributed by atoms with Crippen molar-refractivity contribution in [1.29, 1.82) is 0 Å². The van der Waals surface area contributed by atoms with Gasteiger partial charge in [0.05, 0.1) is 5.69 Å². The first-order valence-corrected chi connectivity index (χ1v) is 9.52. The van der Waals surface area contributed by atoms with Crippen LogP contribution in [-0.2, 0) is 13.5 Å². The Hall–Kier alpha value is -2.30. The van der Waals surface area contributed by atoms with Gasteiger partial charge in [0, 0.05) is 43.1 Å². The summed E-state index contributed by atoms with van der Waals surface area (Å²) >= 11 is 0. The lowest BCUT2D eigenvalue weighted by atomic mass is 10.0. The van der Waals surface area contributed by atoms with Gasteiger partial charge in [-0.2, -0.15) is 5.10 Å². The number of rotatable bonds is 5. The summed E-state index contributed by atoms with van der Waals surface area (Å²) in [4.78, 5) is 15.1. The number of benzene rings is 1. The zero-order valence-corrected chi connectivity index (χ0v) is 16.6. The van der Waals surface area contributed by atoms with Crippen LogP contribution in [0.3, 0.4) is 0 Å². The summed E-state index contributed by atoms with van der Waals surface area (Å²) in [6.07, 6.45) is 3.26. The molecule has 2 aromatic rings. The molecule has 5 nitrogen and oxygen atoms in total. The fraction of sp³-hybridized carbons (Fsp3) is 0.524. The first kappa shape index (κ1) is 18.5. The second-order valence-electron chi connectivity index (χ2n) is 7.55. The molecule has 1 aliphatic rings. The normalized spacial score (nSPS) is 15.3. The topological polar surface area (TPSA) is 50.2 Å². The molecule has 1 aromatic heterocycles. The Labute approximate surface area is 156 Å². The molecule has 0 radical (unpaired) electrons. The summed E-state index contributed by atoms with van der Waals surface area (Å²) in [6.45, 7) is 10.4. The molecule has 0 spiro atoms. The standard InChI is InChI=1S/C21H30N4O/c1-14-8-9-18(13-20(14)25-10-6-7-11-25)21(26)22-15(2)12-19-16(3)23-24(5)17(19)4/h8-9,13,15H,6-7,10-12H2,1-5H3,(H,22,26)/t15-/m0/s1. The highest BCUT2D eigenvalue weighted by molar-refractivity contribution is 5.95. The Bertz CT molecular complexity index is 803. The highest BCUT2D eigenvalue weighted by Gasteiger charge is 2.18. The maximum atomic E-state index is 12.7. The third-order valence-corrected chi connectivity index (χ3v) is 5.46. The number of hydrogen-bond acceptors (Lipinski definition) is 3. The van der Waals surface area contributed by atoms with Gasteiger partial charge in [0.15, 0.2) is 0 Å². The number of aromatic nitrogens is 2. The summed E-state index contributed by atoms with van der Waals surface area (Å²) in [5, 5.41) is 7.62. The molecule has 0 aliphatic carbocycles. The molecule has 3 rings (SSSR count). The van der Waals surface area contributed by atoms with Crippen LogP contribution in [0.5, 0.6) is 0 Å². The fourth-order valence-electron chi connectivity index (χ4n) is 3.83. The minimum Gasteiger partial charge on any atom is -0.371 e. The first-order chi connectivity index (χ1) is 12.4. The SMILES string of the molecule is Cc1ccc(C(=O)N[C@@H](C)Cc2c(C)nn(C)c2C)cc1N1CCCC1. The van der Waals surface area contributed by atoms with Crippen LogP contribution in [0.1, 0.15) is 52.6 Å². The summed E-state index contributed by atoms with van der Waals surface area (Å²) in [5.41, 5.74) is 6.60. The first-order valence-electron chi connectivity index (χ1n) is 9.52. The zero-order chi connectivity index (χ0) is 18.8. The molecule has 2 heterocycles. The highest BCUT2D eigenvalue weighted by Crippen LogP contribution is 2.25. The van der Waals surface area contributed by atoms with E-state index in [2.05, 4.69) is 42.2 Å². The van der Waals surface area contributed by atoms with Crippen molar-refractivity contribution in [2.24, 2.45) is 7.05 Å². The Balaban J connectivity index is 1.70. The van der Waals surface area contributed by atoms with Crippen LogP contribution in [0.15, 0.2) is 18.2 Å². The Kier molecular flexibility index (Phi) is 5.35. The summed E-state index contributed by atoms with van der Waals surface area (Å²) in [5.74, 6) is -0.00265. The average molecular weight is 354 g/mol. The average Bonchev–Trinajstić information content (AvgIpc) is 3.20. The van der Waals surface area contributed by atoms with E-state index in [0.29, 0.717) is 0 Å². The molecule has 1 saturated heterocycles. The molecule has 1 atom stereocenters. The number of amides is 1. The van der Waals surface area contributed by atoms with E-state index in [1.807, 2.05) is 30.8 Å². The Morgan fingerprint density at radius 1 is 1.23 bits per heavy atom. The number of nitrogens with one attached hydrogen (secondary N) is 1. The van der Waals surface area contributed by atoms with Crippen molar-refractivity contribution in [1.82, 2.24) is 15.1 Å². The lowest BCUT2D eigenvalue weighted by molar-refractivity contribution is 0.0940. The van der Waals surface area contributed by atoms with Crippen molar-refractivity contribution < 1.29 is 4.79 Å². The van der Waals surface area contributed by atoms with Gasteiger partial charge >= 0.3 is 0 Å². The molecule has 1 aromatic carbocycles. The number of anilines is 1. The van der Waals surface area contributed by atoms with Crippen molar-refractivity contribution in [3.8, 4) is 0 Å². The smallest absolute Gasteiger partial charge is 0.251 e. The maximum Gasteiger partial charge on any atom is 0.251 e. The Morgan fingerprint density at radius 2 is 1.92 bits per heavy atom. The molecule has 26 heavy (non-hydrogen) atoms. The molecule has 1 amide bonds. The molecule has 1 aliphatic heterocycles. The summed E-state index contributed by atoms with van der Waals surface area (Å²) in [7, 11) is 1.96. The van der Waals surface area contributed by atoms with E-state index in [9.17, 15) is 4.79 Å². The third-order valence-electron chi connectivity index (χ3n) is 5.46. The van der Waals surface area contributed by atoms with E-state index >= 15 is 0 Å². The van der Waals surface area contributed by atoms with E-state index in [-0.39, 0.29) is 11.9 Å². The van der Waals surface area contributed by atoms with E-state index < -0.39 is 0 Å². The van der Waals surface area contributed by atoms with Crippen LogP contribution in [0, 0.1) is 20.8 Å². The molecule has 0 unspecified atom stereocenters. The van der Waals surface area contributed by atoms with Gasteiger partial charge < -0.3 is 10.2 Å². The van der Waals surface area contributed by atoms with E-state index in [1.54, 1.807) is 0 Å². The second-order valence-corrected chi connectivity index (χ2v) is 7.55. The van der Waals surface area contributed by atoms with Gasteiger partial charge in [-0.25, -0.2) is 0 Å². The maximum absolute atomic E-state index is 12.7. The summed E-state index contributed by atoms with van der Waals surface area (Å²) < 4.78 is 1.90. The van der Waals surface area contributed by atoms with E-state index in [4.69, 9.17) is 0 Å². The number of hydrogen-bond donors (Lipinski definition) is 1. The zero-order valence-electron chi connectivity index (χ0n) is 16.6. The fourth-order valence-corrected chi connectivity index (χ4v) is 3.83. The van der Waals surface area contributed by atoms with E-state index in [1.165, 1.54) is 29.7 Å². The van der Waals surface area contributed by atoms with Gasteiger partial charge in [-0.3, -0.25) is 9.48 Å². The monoisotopic (exact) mass is 354 g/mol. The van der Waals surface area contributed by atoms with Crippen molar-refractivity contribution in [3.63, 3.8) is 0 Å². The van der Waals surface area contributed by atoms with Gasteiger partial charge in [-0.05, 0) is 70.2 Å². The van der Waals surface area contributed by atoms with Gasteiger partial charge in [0.25, 0.3) is 5.91 Å².